The predicted molar refractivity (Wildman–Crippen MR) is 75.2 cm³/mol. The van der Waals surface area contributed by atoms with E-state index in [1.54, 1.807) is 30.3 Å². The molecule has 0 unspecified atom stereocenters. The number of rotatable bonds is 2. The van der Waals surface area contributed by atoms with Gasteiger partial charge in [-0.05, 0) is 42.5 Å². The minimum atomic E-state index is -0.297. The van der Waals surface area contributed by atoms with Crippen molar-refractivity contribution in [2.24, 2.45) is 0 Å². The van der Waals surface area contributed by atoms with Gasteiger partial charge in [-0.2, -0.15) is 0 Å². The van der Waals surface area contributed by atoms with Crippen molar-refractivity contribution in [2.45, 2.75) is 0 Å². The maximum absolute atomic E-state index is 11.9. The van der Waals surface area contributed by atoms with E-state index < -0.39 is 0 Å². The summed E-state index contributed by atoms with van der Waals surface area (Å²) in [5.41, 5.74) is 1.01. The maximum Gasteiger partial charge on any atom is 0.255 e. The second-order valence-corrected chi connectivity index (χ2v) is 5.01. The number of benzene rings is 2. The van der Waals surface area contributed by atoms with Crippen LogP contribution in [0.4, 0.5) is 5.69 Å². The molecule has 5 heteroatoms. The molecule has 0 aromatic heterocycles. The molecule has 3 nitrogen and oxygen atoms in total. The Hall–Kier alpha value is -1.52. The Kier molecular flexibility index (Phi) is 3.89. The Labute approximate surface area is 118 Å². The highest BCUT2D eigenvalue weighted by Gasteiger charge is 2.08. The van der Waals surface area contributed by atoms with Crippen LogP contribution in [0.1, 0.15) is 10.4 Å². The lowest BCUT2D eigenvalue weighted by Gasteiger charge is -2.06. The van der Waals surface area contributed by atoms with E-state index in [4.69, 9.17) is 11.6 Å². The second-order valence-electron chi connectivity index (χ2n) is 3.66. The van der Waals surface area contributed by atoms with Gasteiger partial charge in [-0.3, -0.25) is 4.79 Å². The molecule has 92 valence electrons. The monoisotopic (exact) mass is 325 g/mol. The van der Waals surface area contributed by atoms with Gasteiger partial charge < -0.3 is 10.4 Å². The van der Waals surface area contributed by atoms with Gasteiger partial charge in [0.15, 0.2) is 0 Å². The lowest BCUT2D eigenvalue weighted by Crippen LogP contribution is -2.11. The third-order valence-corrected chi connectivity index (χ3v) is 2.96. The number of carbonyl (C=O) groups excluding carboxylic acids is 1. The summed E-state index contributed by atoms with van der Waals surface area (Å²) in [7, 11) is 0. The third-order valence-electron chi connectivity index (χ3n) is 2.25. The average Bonchev–Trinajstić information content (AvgIpc) is 2.31. The molecule has 0 aliphatic rings. The van der Waals surface area contributed by atoms with Gasteiger partial charge in [-0.15, -0.1) is 0 Å². The first kappa shape index (κ1) is 12.9. The molecule has 0 saturated heterocycles. The summed E-state index contributed by atoms with van der Waals surface area (Å²) in [5, 5.41) is 12.7. The van der Waals surface area contributed by atoms with Crippen molar-refractivity contribution in [2.75, 3.05) is 5.32 Å². The number of anilines is 1. The van der Waals surface area contributed by atoms with E-state index in [1.165, 1.54) is 12.1 Å². The normalized spacial score (nSPS) is 10.1. The zero-order valence-electron chi connectivity index (χ0n) is 9.15. The minimum absolute atomic E-state index is 0.0330. The van der Waals surface area contributed by atoms with E-state index in [-0.39, 0.29) is 11.7 Å². The lowest BCUT2D eigenvalue weighted by atomic mass is 10.2. The van der Waals surface area contributed by atoms with Crippen molar-refractivity contribution in [3.05, 3.63) is 57.5 Å². The summed E-state index contributed by atoms with van der Waals surface area (Å²) in [6, 6.07) is 11.3. The minimum Gasteiger partial charge on any atom is -0.508 e. The Morgan fingerprint density at radius 2 is 1.83 bits per heavy atom. The Bertz CT molecular complexity index is 564. The SMILES string of the molecule is O=C(Nc1ccc(Cl)cc1)c1cc(O)cc(Br)c1. The smallest absolute Gasteiger partial charge is 0.255 e. The molecule has 2 aromatic rings. The number of halogens is 2. The van der Waals surface area contributed by atoms with Gasteiger partial charge >= 0.3 is 0 Å². The van der Waals surface area contributed by atoms with Gasteiger partial charge in [-0.25, -0.2) is 0 Å². The van der Waals surface area contributed by atoms with E-state index in [2.05, 4.69) is 21.2 Å². The van der Waals surface area contributed by atoms with Crippen molar-refractivity contribution in [3.63, 3.8) is 0 Å². The van der Waals surface area contributed by atoms with Crippen molar-refractivity contribution in [1.82, 2.24) is 0 Å². The number of hydrogen-bond acceptors (Lipinski definition) is 2. The van der Waals surface area contributed by atoms with Crippen LogP contribution in [0.25, 0.3) is 0 Å². The van der Waals surface area contributed by atoms with Gasteiger partial charge in [0, 0.05) is 20.7 Å². The van der Waals surface area contributed by atoms with Crippen LogP contribution in [0.3, 0.4) is 0 Å². The lowest BCUT2D eigenvalue weighted by molar-refractivity contribution is 0.102. The van der Waals surface area contributed by atoms with E-state index in [1.807, 2.05) is 0 Å². The topological polar surface area (TPSA) is 49.3 Å². The zero-order chi connectivity index (χ0) is 13.1. The molecule has 0 bridgehead atoms. The Balaban J connectivity index is 2.19. The molecule has 2 N–H and O–H groups in total. The van der Waals surface area contributed by atoms with Crippen molar-refractivity contribution >= 4 is 39.1 Å². The summed E-state index contributed by atoms with van der Waals surface area (Å²) in [5.74, 6) is -0.264. The highest BCUT2D eigenvalue weighted by atomic mass is 79.9. The highest BCUT2D eigenvalue weighted by Crippen LogP contribution is 2.21. The molecule has 18 heavy (non-hydrogen) atoms. The van der Waals surface area contributed by atoms with Crippen molar-refractivity contribution < 1.29 is 9.90 Å². The first-order valence-corrected chi connectivity index (χ1v) is 6.28. The third kappa shape index (κ3) is 3.24. The molecule has 0 radical (unpaired) electrons. The molecule has 0 aliphatic heterocycles. The van der Waals surface area contributed by atoms with Crippen LogP contribution in [0, 0.1) is 0 Å². The fraction of sp³-hybridized carbons (Fsp3) is 0. The highest BCUT2D eigenvalue weighted by molar-refractivity contribution is 9.10. The van der Waals surface area contributed by atoms with Crippen LogP contribution in [0.5, 0.6) is 5.75 Å². The van der Waals surface area contributed by atoms with Crippen molar-refractivity contribution in [3.8, 4) is 5.75 Å². The molecule has 0 aliphatic carbocycles. The van der Waals surface area contributed by atoms with E-state index >= 15 is 0 Å². The molecule has 2 aromatic carbocycles. The van der Waals surface area contributed by atoms with Crippen LogP contribution in [-0.4, -0.2) is 11.0 Å². The first-order valence-electron chi connectivity index (χ1n) is 5.11. The molecule has 1 amide bonds. The summed E-state index contributed by atoms with van der Waals surface area (Å²) < 4.78 is 0.642. The molecule has 0 saturated carbocycles. The van der Waals surface area contributed by atoms with Crippen LogP contribution in [0.2, 0.25) is 5.02 Å². The summed E-state index contributed by atoms with van der Waals surface area (Å²) in [6.07, 6.45) is 0. The summed E-state index contributed by atoms with van der Waals surface area (Å²) >= 11 is 8.97. The van der Waals surface area contributed by atoms with Crippen LogP contribution in [-0.2, 0) is 0 Å². The quantitative estimate of drug-likeness (QED) is 0.874. The summed E-state index contributed by atoms with van der Waals surface area (Å²) in [6.45, 7) is 0. The molecular weight excluding hydrogens is 318 g/mol. The number of aromatic hydroxyl groups is 1. The number of hydrogen-bond donors (Lipinski definition) is 2. The fourth-order valence-corrected chi connectivity index (χ4v) is 2.05. The average molecular weight is 327 g/mol. The van der Waals surface area contributed by atoms with E-state index in [0.717, 1.165) is 0 Å². The first-order chi connectivity index (χ1) is 8.54. The van der Waals surface area contributed by atoms with Gasteiger partial charge in [0.25, 0.3) is 5.91 Å². The van der Waals surface area contributed by atoms with E-state index in [9.17, 15) is 9.90 Å². The molecule has 0 heterocycles. The Morgan fingerprint density at radius 1 is 1.17 bits per heavy atom. The number of phenols is 1. The molecule has 0 atom stereocenters. The van der Waals surface area contributed by atoms with Crippen LogP contribution in [0.15, 0.2) is 46.9 Å². The van der Waals surface area contributed by atoms with Gasteiger partial charge in [0.1, 0.15) is 5.75 Å². The van der Waals surface area contributed by atoms with E-state index in [0.29, 0.717) is 20.7 Å². The number of carbonyl (C=O) groups is 1. The molecule has 0 spiro atoms. The second kappa shape index (κ2) is 5.42. The van der Waals surface area contributed by atoms with Gasteiger partial charge in [-0.1, -0.05) is 27.5 Å². The fourth-order valence-electron chi connectivity index (χ4n) is 1.44. The number of amides is 1. The van der Waals surface area contributed by atoms with Crippen LogP contribution < -0.4 is 5.32 Å². The number of phenolic OH excluding ortho intramolecular Hbond substituents is 1. The Morgan fingerprint density at radius 3 is 2.44 bits per heavy atom. The largest absolute Gasteiger partial charge is 0.508 e. The zero-order valence-corrected chi connectivity index (χ0v) is 11.5. The molecular formula is C13H9BrClNO2. The predicted octanol–water partition coefficient (Wildman–Crippen LogP) is 4.06. The number of nitrogens with one attached hydrogen (secondary N) is 1. The molecule has 2 rings (SSSR count). The molecule has 0 fully saturated rings. The standard InChI is InChI=1S/C13H9BrClNO2/c14-9-5-8(6-12(17)7-9)13(18)16-11-3-1-10(15)2-4-11/h1-7,17H,(H,16,18). The van der Waals surface area contributed by atoms with Gasteiger partial charge in [0.05, 0.1) is 0 Å². The maximum atomic E-state index is 11.9. The van der Waals surface area contributed by atoms with Gasteiger partial charge in [0.2, 0.25) is 0 Å². The summed E-state index contributed by atoms with van der Waals surface area (Å²) in [4.78, 5) is 11.9. The van der Waals surface area contributed by atoms with Crippen molar-refractivity contribution in [1.29, 1.82) is 0 Å². The van der Waals surface area contributed by atoms with Crippen LogP contribution >= 0.6 is 27.5 Å².